The highest BCUT2D eigenvalue weighted by molar-refractivity contribution is 8.00. The monoisotopic (exact) mass is 255 g/mol. The largest absolute Gasteiger partial charge is 0.326 e. The second kappa shape index (κ2) is 5.38. The van der Waals surface area contributed by atoms with Crippen LogP contribution in [0.25, 0.3) is 0 Å². The van der Waals surface area contributed by atoms with Crippen LogP contribution in [0.4, 0.5) is 4.39 Å². The molecule has 6 heteroatoms. The summed E-state index contributed by atoms with van der Waals surface area (Å²) in [5.41, 5.74) is 7.46. The zero-order valence-corrected chi connectivity index (χ0v) is 10.0. The van der Waals surface area contributed by atoms with E-state index in [1.165, 1.54) is 30.0 Å². The van der Waals surface area contributed by atoms with Gasteiger partial charge in [0.25, 0.3) is 0 Å². The first-order valence-corrected chi connectivity index (χ1v) is 6.42. The fourth-order valence-corrected chi connectivity index (χ4v) is 2.77. The van der Waals surface area contributed by atoms with Crippen molar-refractivity contribution in [3.63, 3.8) is 0 Å². The number of nitrogens with zero attached hydrogens (tertiary/aromatic N) is 2. The van der Waals surface area contributed by atoms with E-state index in [1.54, 1.807) is 17.8 Å². The number of hydrogen-bond acceptors (Lipinski definition) is 5. The van der Waals surface area contributed by atoms with Crippen molar-refractivity contribution >= 4 is 23.3 Å². The number of thioether (sulfide) groups is 1. The Balaban J connectivity index is 2.09. The standard InChI is InChI=1S/C10H10FN3S2/c11-9-2-1-7(8(3-9)4-12)5-15-10-13-6-14-16-10/h1-3,6H,4-5,12H2. The highest BCUT2D eigenvalue weighted by Crippen LogP contribution is 2.25. The van der Waals surface area contributed by atoms with E-state index in [9.17, 15) is 4.39 Å². The topological polar surface area (TPSA) is 51.8 Å². The molecule has 0 aliphatic carbocycles. The first-order chi connectivity index (χ1) is 7.79. The summed E-state index contributed by atoms with van der Waals surface area (Å²) in [6.45, 7) is 0.351. The summed E-state index contributed by atoms with van der Waals surface area (Å²) in [5, 5.41) is 0. The van der Waals surface area contributed by atoms with Crippen molar-refractivity contribution in [2.75, 3.05) is 0 Å². The molecule has 0 saturated heterocycles. The summed E-state index contributed by atoms with van der Waals surface area (Å²) >= 11 is 2.94. The van der Waals surface area contributed by atoms with Gasteiger partial charge in [0.2, 0.25) is 0 Å². The Bertz CT molecular complexity index is 459. The lowest BCUT2D eigenvalue weighted by Crippen LogP contribution is -2.01. The zero-order chi connectivity index (χ0) is 11.4. The fourth-order valence-electron chi connectivity index (χ4n) is 1.29. The summed E-state index contributed by atoms with van der Waals surface area (Å²) in [6, 6.07) is 4.71. The molecule has 0 radical (unpaired) electrons. The number of aromatic nitrogens is 2. The highest BCUT2D eigenvalue weighted by Gasteiger charge is 2.05. The summed E-state index contributed by atoms with van der Waals surface area (Å²) in [7, 11) is 0. The van der Waals surface area contributed by atoms with Gasteiger partial charge in [0.05, 0.1) is 0 Å². The van der Waals surface area contributed by atoms with Gasteiger partial charge in [-0.1, -0.05) is 17.8 Å². The minimum atomic E-state index is -0.245. The first-order valence-electron chi connectivity index (χ1n) is 4.66. The number of benzene rings is 1. The predicted molar refractivity (Wildman–Crippen MR) is 63.8 cm³/mol. The van der Waals surface area contributed by atoms with Gasteiger partial charge in [-0.05, 0) is 34.8 Å². The van der Waals surface area contributed by atoms with E-state index in [-0.39, 0.29) is 5.82 Å². The molecule has 2 aromatic rings. The van der Waals surface area contributed by atoms with Gasteiger partial charge in [-0.15, -0.1) is 0 Å². The van der Waals surface area contributed by atoms with E-state index in [0.717, 1.165) is 21.2 Å². The Kier molecular flexibility index (Phi) is 3.87. The number of rotatable bonds is 4. The average molecular weight is 255 g/mol. The third kappa shape index (κ3) is 2.78. The minimum absolute atomic E-state index is 0.245. The number of nitrogens with two attached hydrogens (primary N) is 1. The molecule has 0 fully saturated rings. The Morgan fingerprint density at radius 1 is 1.38 bits per heavy atom. The van der Waals surface area contributed by atoms with Crippen LogP contribution in [-0.4, -0.2) is 9.36 Å². The lowest BCUT2D eigenvalue weighted by Gasteiger charge is -2.06. The Labute approximate surface area is 101 Å². The maximum Gasteiger partial charge on any atom is 0.170 e. The van der Waals surface area contributed by atoms with Crippen LogP contribution in [0.1, 0.15) is 11.1 Å². The zero-order valence-electron chi connectivity index (χ0n) is 8.39. The van der Waals surface area contributed by atoms with Gasteiger partial charge < -0.3 is 5.73 Å². The van der Waals surface area contributed by atoms with Crippen molar-refractivity contribution in [1.29, 1.82) is 0 Å². The van der Waals surface area contributed by atoms with Crippen molar-refractivity contribution in [3.8, 4) is 0 Å². The molecule has 0 unspecified atom stereocenters. The van der Waals surface area contributed by atoms with E-state index >= 15 is 0 Å². The molecule has 2 rings (SSSR count). The van der Waals surface area contributed by atoms with Gasteiger partial charge in [0.15, 0.2) is 4.34 Å². The summed E-state index contributed by atoms with van der Waals surface area (Å²) < 4.78 is 17.8. The van der Waals surface area contributed by atoms with Crippen LogP contribution >= 0.6 is 23.3 Å². The molecule has 16 heavy (non-hydrogen) atoms. The molecule has 84 valence electrons. The number of halogens is 1. The van der Waals surface area contributed by atoms with Crippen LogP contribution in [0, 0.1) is 5.82 Å². The van der Waals surface area contributed by atoms with E-state index in [4.69, 9.17) is 5.73 Å². The van der Waals surface area contributed by atoms with E-state index < -0.39 is 0 Å². The van der Waals surface area contributed by atoms with E-state index in [2.05, 4.69) is 9.36 Å². The molecule has 0 bridgehead atoms. The first kappa shape index (κ1) is 11.5. The highest BCUT2D eigenvalue weighted by atomic mass is 32.2. The van der Waals surface area contributed by atoms with Gasteiger partial charge in [0, 0.05) is 12.3 Å². The molecule has 0 aliphatic heterocycles. The molecular weight excluding hydrogens is 245 g/mol. The Hall–Kier alpha value is -0.980. The Morgan fingerprint density at radius 3 is 2.94 bits per heavy atom. The van der Waals surface area contributed by atoms with Crippen molar-refractivity contribution in [2.45, 2.75) is 16.6 Å². The summed E-state index contributed by atoms with van der Waals surface area (Å²) in [6.07, 6.45) is 1.53. The summed E-state index contributed by atoms with van der Waals surface area (Å²) in [4.78, 5) is 4.07. The SMILES string of the molecule is NCc1cc(F)ccc1CSc1ncns1. The predicted octanol–water partition coefficient (Wildman–Crippen LogP) is 2.43. The lowest BCUT2D eigenvalue weighted by molar-refractivity contribution is 0.624. The molecule has 1 aromatic heterocycles. The van der Waals surface area contributed by atoms with Crippen molar-refractivity contribution in [3.05, 3.63) is 41.5 Å². The van der Waals surface area contributed by atoms with Crippen molar-refractivity contribution < 1.29 is 4.39 Å². The second-order valence-corrected chi connectivity index (χ2v) is 5.12. The quantitative estimate of drug-likeness (QED) is 0.852. The molecule has 0 amide bonds. The van der Waals surface area contributed by atoms with Crippen molar-refractivity contribution in [1.82, 2.24) is 9.36 Å². The average Bonchev–Trinajstić information content (AvgIpc) is 2.80. The van der Waals surface area contributed by atoms with Gasteiger partial charge in [-0.2, -0.15) is 4.37 Å². The maximum absolute atomic E-state index is 13.0. The molecule has 2 N–H and O–H groups in total. The molecule has 3 nitrogen and oxygen atoms in total. The molecule has 0 saturated carbocycles. The Morgan fingerprint density at radius 2 is 2.25 bits per heavy atom. The van der Waals surface area contributed by atoms with Crippen LogP contribution in [0.2, 0.25) is 0 Å². The number of hydrogen-bond donors (Lipinski definition) is 1. The van der Waals surface area contributed by atoms with E-state index in [0.29, 0.717) is 6.54 Å². The van der Waals surface area contributed by atoms with Crippen molar-refractivity contribution in [2.24, 2.45) is 5.73 Å². The smallest absolute Gasteiger partial charge is 0.170 e. The van der Waals surface area contributed by atoms with Crippen LogP contribution < -0.4 is 5.73 Å². The molecule has 1 heterocycles. The normalized spacial score (nSPS) is 10.6. The van der Waals surface area contributed by atoms with Gasteiger partial charge in [-0.25, -0.2) is 9.37 Å². The van der Waals surface area contributed by atoms with Gasteiger partial charge in [0.1, 0.15) is 12.1 Å². The fraction of sp³-hybridized carbons (Fsp3) is 0.200. The third-order valence-electron chi connectivity index (χ3n) is 2.08. The third-order valence-corrected chi connectivity index (χ3v) is 3.93. The molecule has 1 aromatic carbocycles. The summed E-state index contributed by atoms with van der Waals surface area (Å²) in [5.74, 6) is 0.493. The maximum atomic E-state index is 13.0. The van der Waals surface area contributed by atoms with Gasteiger partial charge >= 0.3 is 0 Å². The lowest BCUT2D eigenvalue weighted by atomic mass is 10.1. The van der Waals surface area contributed by atoms with Crippen LogP contribution in [0.15, 0.2) is 28.9 Å². The second-order valence-electron chi connectivity index (χ2n) is 3.11. The van der Waals surface area contributed by atoms with Gasteiger partial charge in [-0.3, -0.25) is 0 Å². The van der Waals surface area contributed by atoms with E-state index in [1.807, 2.05) is 0 Å². The molecule has 0 aliphatic rings. The van der Waals surface area contributed by atoms with Crippen LogP contribution in [0.3, 0.4) is 0 Å². The molecular formula is C10H10FN3S2. The molecule has 0 atom stereocenters. The van der Waals surface area contributed by atoms with Crippen LogP contribution in [0.5, 0.6) is 0 Å². The molecule has 0 spiro atoms. The van der Waals surface area contributed by atoms with Crippen LogP contribution in [-0.2, 0) is 12.3 Å². The minimum Gasteiger partial charge on any atom is -0.326 e.